The largest absolute Gasteiger partial charge is 0.121 e. The summed E-state index contributed by atoms with van der Waals surface area (Å²) in [6.45, 7) is 9.02. The first kappa shape index (κ1) is 31.1. The van der Waals surface area contributed by atoms with Crippen molar-refractivity contribution in [2.75, 3.05) is 25.0 Å². The van der Waals surface area contributed by atoms with E-state index in [2.05, 4.69) is 64.9 Å². The van der Waals surface area contributed by atoms with Gasteiger partial charge < -0.3 is 0 Å². The van der Waals surface area contributed by atoms with Crippen molar-refractivity contribution in [1.29, 1.82) is 0 Å². The van der Waals surface area contributed by atoms with Crippen LogP contribution in [0.3, 0.4) is 0 Å². The highest BCUT2D eigenvalue weighted by Gasteiger charge is 2.29. The van der Waals surface area contributed by atoms with Crippen LogP contribution in [0.15, 0.2) is 76.8 Å². The van der Waals surface area contributed by atoms with Gasteiger partial charge in [0.2, 0.25) is 0 Å². The van der Waals surface area contributed by atoms with Gasteiger partial charge in [0.25, 0.3) is 0 Å². The second kappa shape index (κ2) is 14.3. The van der Waals surface area contributed by atoms with Gasteiger partial charge in [0.1, 0.15) is 0 Å². The van der Waals surface area contributed by atoms with E-state index < -0.39 is 0 Å². The molecule has 0 aromatic rings. The van der Waals surface area contributed by atoms with Gasteiger partial charge in [0.15, 0.2) is 0 Å². The summed E-state index contributed by atoms with van der Waals surface area (Å²) in [6, 6.07) is 0. The van der Waals surface area contributed by atoms with Gasteiger partial charge in [0, 0.05) is 11.1 Å². The van der Waals surface area contributed by atoms with Gasteiger partial charge in [-0.2, -0.15) is 0 Å². The monoisotopic (exact) mass is 698 g/mol. The van der Waals surface area contributed by atoms with Crippen LogP contribution in [0.2, 0.25) is 0 Å². The van der Waals surface area contributed by atoms with Crippen molar-refractivity contribution in [2.24, 2.45) is 0 Å². The maximum atomic E-state index is 2.47. The summed E-state index contributed by atoms with van der Waals surface area (Å²) in [4.78, 5) is 5.67. The van der Waals surface area contributed by atoms with Crippen LogP contribution in [0.25, 0.3) is 0 Å². The predicted octanol–water partition coefficient (Wildman–Crippen LogP) is 13.2. The molecule has 0 saturated heterocycles. The smallest absolute Gasteiger partial charge is 0.0657 e. The molecule has 4 heterocycles. The Morgan fingerprint density at radius 1 is 0.444 bits per heavy atom. The molecule has 0 aliphatic carbocycles. The summed E-state index contributed by atoms with van der Waals surface area (Å²) in [5, 5.41) is 0. The molecule has 0 spiro atoms. The van der Waals surface area contributed by atoms with Gasteiger partial charge >= 0.3 is 0 Å². The molecule has 36 heavy (non-hydrogen) atoms. The van der Waals surface area contributed by atoms with Crippen molar-refractivity contribution >= 4 is 141 Å². The second-order valence-electron chi connectivity index (χ2n) is 7.34. The maximum absolute atomic E-state index is 2.47. The fourth-order valence-electron chi connectivity index (χ4n) is 3.03. The Balaban J connectivity index is 1.82. The first-order valence-corrected chi connectivity index (χ1v) is 22.1. The molecule has 0 aromatic carbocycles. The van der Waals surface area contributed by atoms with E-state index in [1.165, 1.54) is 64.7 Å². The number of allylic oxidation sites excluding steroid dienone is 8. The average molecular weight is 699 g/mol. The SMILES string of the molecule is CSC1=C(SC)SC(=CC(=C2SC(C)=C(C)S2)C(C=C2SC(SC)=C(SC)S2)=C2SC(C)=C(C)S2)S1. The van der Waals surface area contributed by atoms with Crippen molar-refractivity contribution in [3.8, 4) is 0 Å². The Morgan fingerprint density at radius 3 is 0.917 bits per heavy atom. The molecule has 0 atom stereocenters. The molecule has 0 radical (unpaired) electrons. The molecule has 4 rings (SSSR count). The third-order valence-electron chi connectivity index (χ3n) is 5.08. The van der Waals surface area contributed by atoms with Gasteiger partial charge in [-0.05, 0) is 84.5 Å². The molecule has 0 fully saturated rings. The summed E-state index contributed by atoms with van der Waals surface area (Å²) < 4.78 is 11.2. The van der Waals surface area contributed by atoms with Gasteiger partial charge in [-0.15, -0.1) is 47.0 Å². The molecule has 12 heteroatoms. The van der Waals surface area contributed by atoms with E-state index in [9.17, 15) is 0 Å². The lowest BCUT2D eigenvalue weighted by Gasteiger charge is -2.14. The van der Waals surface area contributed by atoms with Crippen LogP contribution in [0.1, 0.15) is 27.7 Å². The van der Waals surface area contributed by atoms with E-state index in [0.717, 1.165) is 0 Å². The zero-order valence-electron chi connectivity index (χ0n) is 21.1. The summed E-state index contributed by atoms with van der Waals surface area (Å²) in [5.41, 5.74) is 2.74. The Kier molecular flexibility index (Phi) is 12.4. The lowest BCUT2D eigenvalue weighted by atomic mass is 10.1. The van der Waals surface area contributed by atoms with Crippen LogP contribution in [0, 0.1) is 0 Å². The Hall–Kier alpha value is 2.12. The minimum Gasteiger partial charge on any atom is -0.121 e. The van der Waals surface area contributed by atoms with Crippen LogP contribution >= 0.6 is 141 Å². The zero-order chi connectivity index (χ0) is 26.0. The molecule has 0 amide bonds. The van der Waals surface area contributed by atoms with Gasteiger partial charge in [-0.1, -0.05) is 94.1 Å². The molecule has 4 aliphatic heterocycles. The number of hydrogen-bond donors (Lipinski definition) is 0. The second-order valence-corrected chi connectivity index (χ2v) is 21.8. The molecular formula is C24H26S12. The third kappa shape index (κ3) is 7.30. The normalized spacial score (nSPS) is 20.8. The van der Waals surface area contributed by atoms with Crippen molar-refractivity contribution in [3.05, 3.63) is 76.8 Å². The Morgan fingerprint density at radius 2 is 0.694 bits per heavy atom. The first-order chi connectivity index (χ1) is 17.3. The van der Waals surface area contributed by atoms with Crippen LogP contribution in [0.5, 0.6) is 0 Å². The Bertz CT molecular complexity index is 1040. The quantitative estimate of drug-likeness (QED) is 0.248. The van der Waals surface area contributed by atoms with Crippen molar-refractivity contribution in [1.82, 2.24) is 0 Å². The van der Waals surface area contributed by atoms with Crippen molar-refractivity contribution < 1.29 is 0 Å². The summed E-state index contributed by atoms with van der Waals surface area (Å²) in [6.07, 6.45) is 13.7. The molecule has 0 N–H and O–H groups in total. The van der Waals surface area contributed by atoms with Crippen LogP contribution in [0.4, 0.5) is 0 Å². The first-order valence-electron chi connectivity index (χ1n) is 10.6. The predicted molar refractivity (Wildman–Crippen MR) is 196 cm³/mol. The van der Waals surface area contributed by atoms with Gasteiger partial charge in [-0.3, -0.25) is 0 Å². The maximum Gasteiger partial charge on any atom is 0.0657 e. The molecule has 0 bridgehead atoms. The highest BCUT2D eigenvalue weighted by molar-refractivity contribution is 8.41. The van der Waals surface area contributed by atoms with Gasteiger partial charge in [-0.25, -0.2) is 0 Å². The number of hydrogen-bond acceptors (Lipinski definition) is 12. The van der Waals surface area contributed by atoms with E-state index in [4.69, 9.17) is 0 Å². The molecule has 0 saturated carbocycles. The van der Waals surface area contributed by atoms with E-state index >= 15 is 0 Å². The van der Waals surface area contributed by atoms with E-state index in [1.807, 2.05) is 141 Å². The molecule has 0 aromatic heterocycles. The fraction of sp³-hybridized carbons (Fsp3) is 0.333. The summed E-state index contributed by atoms with van der Waals surface area (Å²) >= 11 is 23.0. The Labute approximate surface area is 267 Å². The lowest BCUT2D eigenvalue weighted by Crippen LogP contribution is -1.91. The molecule has 0 unspecified atom stereocenters. The number of thioether (sulfide) groups is 12. The van der Waals surface area contributed by atoms with Crippen molar-refractivity contribution in [3.63, 3.8) is 0 Å². The van der Waals surface area contributed by atoms with Crippen LogP contribution < -0.4 is 0 Å². The summed E-state index contributed by atoms with van der Waals surface area (Å²) in [5.74, 6) is 0. The molecule has 4 aliphatic rings. The van der Waals surface area contributed by atoms with Crippen molar-refractivity contribution in [2.45, 2.75) is 27.7 Å². The van der Waals surface area contributed by atoms with Crippen LogP contribution in [-0.2, 0) is 0 Å². The van der Waals surface area contributed by atoms with Crippen LogP contribution in [-0.4, -0.2) is 25.0 Å². The fourth-order valence-corrected chi connectivity index (χ4v) is 18.0. The molecular weight excluding hydrogens is 673 g/mol. The third-order valence-corrected chi connectivity index (χ3v) is 20.6. The molecule has 194 valence electrons. The average Bonchev–Trinajstić information content (AvgIpc) is 3.62. The van der Waals surface area contributed by atoms with E-state index in [1.54, 1.807) is 0 Å². The number of rotatable bonds is 7. The zero-order valence-corrected chi connectivity index (χ0v) is 30.9. The van der Waals surface area contributed by atoms with E-state index in [-0.39, 0.29) is 0 Å². The summed E-state index contributed by atoms with van der Waals surface area (Å²) in [7, 11) is 0. The van der Waals surface area contributed by atoms with E-state index in [0.29, 0.717) is 0 Å². The van der Waals surface area contributed by atoms with Gasteiger partial charge in [0.05, 0.1) is 33.9 Å². The topological polar surface area (TPSA) is 0 Å². The lowest BCUT2D eigenvalue weighted by molar-refractivity contribution is 1.57. The highest BCUT2D eigenvalue weighted by Crippen LogP contribution is 2.61. The minimum absolute atomic E-state index is 1.37. The standard InChI is InChI=1S/C24H26S12/c1-11-12(2)30-19(29-11)15(9-17-33-21(25-5)22(26-6)34-17)16(20-31-13(3)14(4)32-20)10-18-35-23(27-7)24(28-8)36-18/h9-10H,1-8H3. The molecule has 0 nitrogen and oxygen atoms in total. The highest BCUT2D eigenvalue weighted by atomic mass is 32.3. The minimum atomic E-state index is 1.37.